The Labute approximate surface area is 374 Å². The monoisotopic (exact) mass is 820 g/mol. The summed E-state index contributed by atoms with van der Waals surface area (Å²) in [6.07, 6.45) is 16.4. The third kappa shape index (κ3) is 7.53. The van der Waals surface area contributed by atoms with E-state index in [9.17, 15) is 5.41 Å². The number of nitrogens with one attached hydrogen (secondary N) is 1. The van der Waals surface area contributed by atoms with E-state index in [0.29, 0.717) is 17.3 Å². The highest BCUT2D eigenvalue weighted by Crippen LogP contribution is 2.36. The summed E-state index contributed by atoms with van der Waals surface area (Å²) in [5.41, 5.74) is 15.0. The van der Waals surface area contributed by atoms with Crippen LogP contribution in [0.2, 0.25) is 0 Å². The third-order valence-corrected chi connectivity index (χ3v) is 12.9. The van der Waals surface area contributed by atoms with E-state index < -0.39 is 0 Å². The Morgan fingerprint density at radius 3 is 1.64 bits per heavy atom. The smallest absolute Gasteiger partial charge is 0.155 e. The molecule has 304 valence electrons. The van der Waals surface area contributed by atoms with Crippen molar-refractivity contribution in [2.45, 2.75) is 13.3 Å². The van der Waals surface area contributed by atoms with E-state index in [1.54, 1.807) is 0 Å². The summed E-state index contributed by atoms with van der Waals surface area (Å²) in [7, 11) is 0. The van der Waals surface area contributed by atoms with Crippen molar-refractivity contribution in [3.8, 4) is 22.3 Å². The summed E-state index contributed by atoms with van der Waals surface area (Å²) in [5, 5.41) is 24.3. The van der Waals surface area contributed by atoms with Gasteiger partial charge in [-0.25, -0.2) is 0 Å². The lowest BCUT2D eigenvalue weighted by atomic mass is 9.86. The molecule has 0 saturated carbocycles. The minimum absolute atomic E-state index is 0.398. The van der Waals surface area contributed by atoms with Crippen LogP contribution in [0.4, 0.5) is 5.69 Å². The first kappa shape index (κ1) is 38.9. The molecule has 1 atom stereocenters. The fourth-order valence-corrected chi connectivity index (χ4v) is 9.27. The van der Waals surface area contributed by atoms with E-state index in [0.717, 1.165) is 50.5 Å². The van der Waals surface area contributed by atoms with Crippen LogP contribution in [0.25, 0.3) is 82.1 Å². The molecule has 0 amide bonds. The molecule has 0 fully saturated rings. The topological polar surface area (TPSA) is 52.8 Å². The lowest BCUT2D eigenvalue weighted by molar-refractivity contribution is -0.577. The molecule has 3 N–H and O–H groups in total. The van der Waals surface area contributed by atoms with Gasteiger partial charge in [0.25, 0.3) is 0 Å². The van der Waals surface area contributed by atoms with Crippen LogP contribution in [-0.2, 0) is 0 Å². The molecular formula is C61H46N3+. The molecule has 2 aliphatic rings. The number of fused-ring (bicyclic) bond motifs is 4. The summed E-state index contributed by atoms with van der Waals surface area (Å²) in [6.45, 7) is 2.22. The van der Waals surface area contributed by atoms with Crippen LogP contribution in [0.1, 0.15) is 30.0 Å². The molecule has 0 heterocycles. The molecule has 2 aliphatic carbocycles. The van der Waals surface area contributed by atoms with E-state index in [-0.39, 0.29) is 0 Å². The lowest BCUT2D eigenvalue weighted by Crippen LogP contribution is -2.71. The van der Waals surface area contributed by atoms with Gasteiger partial charge < -0.3 is 0 Å². The van der Waals surface area contributed by atoms with Crippen molar-refractivity contribution in [3.05, 3.63) is 241 Å². The molecule has 0 spiro atoms. The second-order valence-electron chi connectivity index (χ2n) is 16.8. The van der Waals surface area contributed by atoms with Gasteiger partial charge in [-0.1, -0.05) is 176 Å². The number of nitrogens with zero attached hydrogens (tertiary/aromatic N) is 1. The molecule has 0 bridgehead atoms. The van der Waals surface area contributed by atoms with Crippen molar-refractivity contribution in [2.75, 3.05) is 0 Å². The zero-order chi connectivity index (χ0) is 43.0. The number of benzene rings is 9. The number of allylic oxidation sites excluding steroid dienone is 10. The van der Waals surface area contributed by atoms with E-state index >= 15 is 0 Å². The minimum Gasteiger partial charge on any atom is -0.298 e. The molecule has 0 saturated heterocycles. The highest BCUT2D eigenvalue weighted by atomic mass is 15.3. The van der Waals surface area contributed by atoms with Crippen LogP contribution in [0.5, 0.6) is 0 Å². The van der Waals surface area contributed by atoms with Crippen molar-refractivity contribution in [1.82, 2.24) is 0 Å². The lowest BCUT2D eigenvalue weighted by Gasteiger charge is -2.18. The standard InChI is InChI=1S/C61H45N3/c1-2-40-10-7-13-41(21-20-40)42-30-32-54(33-31-42)63-64-60-39-53(49-23-22-46-35-50(27-24-45(46)34-49)57-18-8-14-43-11-3-5-16-55(43)57)38-59(61(60)62)52-29-26-47-36-51(28-25-48(47)37-52)58-19-9-15-44-12-4-6-17-56(44)58/h3-40,62-63H,2H2,1H3/p+1/b62-61?,64-60-. The van der Waals surface area contributed by atoms with E-state index in [1.807, 2.05) is 5.43 Å². The SMILES string of the molecule is CCC1C=CC=C(c2ccc([NH2+]/N=C3/C=C(c4ccc5cc(-c6cccc7ccccc67)ccc5c4)C=C(c4ccc5cc(-c6cccc7ccccc67)ccc5c4)C3=N)cc2)C=C1. The van der Waals surface area contributed by atoms with E-state index in [4.69, 9.17) is 5.10 Å². The predicted molar refractivity (Wildman–Crippen MR) is 273 cm³/mol. The molecule has 3 nitrogen and oxygen atoms in total. The third-order valence-electron chi connectivity index (χ3n) is 12.9. The molecule has 0 radical (unpaired) electrons. The molecule has 9 aromatic rings. The number of hydrogen-bond donors (Lipinski definition) is 2. The number of quaternary nitrogens is 1. The first-order valence-corrected chi connectivity index (χ1v) is 22.2. The van der Waals surface area contributed by atoms with Gasteiger partial charge >= 0.3 is 0 Å². The van der Waals surface area contributed by atoms with Crippen LogP contribution in [-0.4, -0.2) is 11.4 Å². The Morgan fingerprint density at radius 2 is 1.02 bits per heavy atom. The second-order valence-corrected chi connectivity index (χ2v) is 16.8. The van der Waals surface area contributed by atoms with Crippen LogP contribution >= 0.6 is 0 Å². The summed E-state index contributed by atoms with van der Waals surface area (Å²) in [4.78, 5) is 0. The maximum Gasteiger partial charge on any atom is 0.155 e. The molecule has 1 unspecified atom stereocenters. The van der Waals surface area contributed by atoms with Gasteiger partial charge in [-0.2, -0.15) is 5.43 Å². The normalized spacial score (nSPS) is 15.8. The van der Waals surface area contributed by atoms with Crippen LogP contribution in [0, 0.1) is 11.3 Å². The van der Waals surface area contributed by atoms with Crippen LogP contribution in [0.3, 0.4) is 0 Å². The fourth-order valence-electron chi connectivity index (χ4n) is 9.27. The van der Waals surface area contributed by atoms with Crippen molar-refractivity contribution < 1.29 is 5.43 Å². The molecule has 0 aromatic heterocycles. The Bertz CT molecular complexity index is 3510. The number of hydrogen-bond acceptors (Lipinski definition) is 2. The number of nitrogens with two attached hydrogens (primary N) is 1. The second kappa shape index (κ2) is 16.7. The van der Waals surface area contributed by atoms with Gasteiger partial charge in [0.1, 0.15) is 5.71 Å². The highest BCUT2D eigenvalue weighted by Gasteiger charge is 2.22. The summed E-state index contributed by atoms with van der Waals surface area (Å²) >= 11 is 0. The summed E-state index contributed by atoms with van der Waals surface area (Å²) in [5.74, 6) is 0.464. The van der Waals surface area contributed by atoms with Crippen molar-refractivity contribution in [2.24, 2.45) is 11.0 Å². The van der Waals surface area contributed by atoms with Gasteiger partial charge in [0, 0.05) is 17.7 Å². The van der Waals surface area contributed by atoms with E-state index in [1.165, 1.54) is 60.3 Å². The van der Waals surface area contributed by atoms with Gasteiger partial charge in [-0.05, 0) is 154 Å². The number of rotatable bonds is 8. The van der Waals surface area contributed by atoms with E-state index in [2.05, 4.69) is 231 Å². The molecule has 64 heavy (non-hydrogen) atoms. The molecule has 0 aliphatic heterocycles. The van der Waals surface area contributed by atoms with Gasteiger partial charge in [0.15, 0.2) is 5.69 Å². The van der Waals surface area contributed by atoms with Crippen molar-refractivity contribution in [3.63, 3.8) is 0 Å². The predicted octanol–water partition coefficient (Wildman–Crippen LogP) is 14.9. The highest BCUT2D eigenvalue weighted by molar-refractivity contribution is 6.62. The Balaban J connectivity index is 0.948. The quantitative estimate of drug-likeness (QED) is 0.0664. The maximum absolute atomic E-state index is 9.62. The van der Waals surface area contributed by atoms with Crippen LogP contribution < -0.4 is 5.43 Å². The van der Waals surface area contributed by atoms with Crippen LogP contribution in [0.15, 0.2) is 230 Å². The Hall–Kier alpha value is -7.98. The van der Waals surface area contributed by atoms with Gasteiger partial charge in [0.05, 0.1) is 5.71 Å². The molecule has 3 heteroatoms. The fraction of sp³-hybridized carbons (Fsp3) is 0.0492. The van der Waals surface area contributed by atoms with Gasteiger partial charge in [-0.15, -0.1) is 0 Å². The average molecular weight is 821 g/mol. The molecule has 9 aromatic carbocycles. The average Bonchev–Trinajstić information content (AvgIpc) is 3.61. The zero-order valence-corrected chi connectivity index (χ0v) is 35.7. The zero-order valence-electron chi connectivity index (χ0n) is 35.7. The summed E-state index contributed by atoms with van der Waals surface area (Å²) < 4.78 is 0. The minimum atomic E-state index is 0.398. The first-order chi connectivity index (χ1) is 31.5. The van der Waals surface area contributed by atoms with Gasteiger partial charge in [-0.3, -0.25) is 5.41 Å². The molecule has 11 rings (SSSR count). The van der Waals surface area contributed by atoms with Gasteiger partial charge in [0.2, 0.25) is 0 Å². The maximum atomic E-state index is 9.62. The van der Waals surface area contributed by atoms with Crippen molar-refractivity contribution >= 4 is 76.9 Å². The largest absolute Gasteiger partial charge is 0.298 e. The first-order valence-electron chi connectivity index (χ1n) is 22.2. The van der Waals surface area contributed by atoms with Crippen molar-refractivity contribution in [1.29, 1.82) is 5.41 Å². The Kier molecular flexibility index (Phi) is 10.2. The molecular weight excluding hydrogens is 775 g/mol. The summed E-state index contributed by atoms with van der Waals surface area (Å²) in [6, 6.07) is 65.4. The Morgan fingerprint density at radius 1 is 0.484 bits per heavy atom.